The lowest BCUT2D eigenvalue weighted by Crippen LogP contribution is -2.32. The first-order valence-electron chi connectivity index (χ1n) is 6.73. The van der Waals surface area contributed by atoms with Gasteiger partial charge in [-0.1, -0.05) is 13.3 Å². The van der Waals surface area contributed by atoms with Crippen LogP contribution in [0.1, 0.15) is 33.1 Å². The van der Waals surface area contributed by atoms with Crippen LogP contribution >= 0.6 is 22.6 Å². The maximum Gasteiger partial charge on any atom is 0.306 e. The van der Waals surface area contributed by atoms with E-state index in [1.807, 2.05) is 0 Å². The molecule has 0 aromatic heterocycles. The molecule has 2 unspecified atom stereocenters. The summed E-state index contributed by atoms with van der Waals surface area (Å²) in [6.07, 6.45) is 1.83. The van der Waals surface area contributed by atoms with Crippen molar-refractivity contribution in [2.45, 2.75) is 44.0 Å². The van der Waals surface area contributed by atoms with E-state index in [0.717, 1.165) is 3.57 Å². The number of halogens is 1. The molecule has 0 aliphatic rings. The molecule has 21 heavy (non-hydrogen) atoms. The number of hydrogen-bond acceptors (Lipinski definition) is 3. The average molecular weight is 425 g/mol. The summed E-state index contributed by atoms with van der Waals surface area (Å²) in [4.78, 5) is 10.9. The number of carboxylic acids is 1. The van der Waals surface area contributed by atoms with Crippen molar-refractivity contribution in [1.82, 2.24) is 4.72 Å². The van der Waals surface area contributed by atoms with Crippen LogP contribution < -0.4 is 4.72 Å². The van der Waals surface area contributed by atoms with Crippen LogP contribution in [0.2, 0.25) is 0 Å². The molecule has 118 valence electrons. The summed E-state index contributed by atoms with van der Waals surface area (Å²) in [5.41, 5.74) is 0. The second-order valence-corrected chi connectivity index (χ2v) is 8.11. The van der Waals surface area contributed by atoms with Crippen molar-refractivity contribution in [2.24, 2.45) is 5.92 Å². The van der Waals surface area contributed by atoms with Gasteiger partial charge in [0.1, 0.15) is 0 Å². The van der Waals surface area contributed by atoms with Crippen molar-refractivity contribution in [1.29, 1.82) is 0 Å². The second kappa shape index (κ2) is 8.09. The summed E-state index contributed by atoms with van der Waals surface area (Å²) >= 11 is 2.12. The predicted octanol–water partition coefficient (Wildman–Crippen LogP) is 2.85. The van der Waals surface area contributed by atoms with Gasteiger partial charge in [0.05, 0.1) is 10.8 Å². The van der Waals surface area contributed by atoms with Gasteiger partial charge in [-0.3, -0.25) is 4.79 Å². The summed E-state index contributed by atoms with van der Waals surface area (Å²) in [6, 6.07) is 6.41. The number of carbonyl (C=O) groups is 1. The summed E-state index contributed by atoms with van der Waals surface area (Å²) in [5, 5.41) is 8.79. The lowest BCUT2D eigenvalue weighted by molar-refractivity contribution is -0.141. The highest BCUT2D eigenvalue weighted by Gasteiger charge is 2.18. The molecule has 0 heterocycles. The second-order valence-electron chi connectivity index (χ2n) is 5.15. The summed E-state index contributed by atoms with van der Waals surface area (Å²) < 4.78 is 27.9. The summed E-state index contributed by atoms with van der Waals surface area (Å²) in [6.45, 7) is 3.44. The smallest absolute Gasteiger partial charge is 0.306 e. The van der Waals surface area contributed by atoms with Crippen LogP contribution in [-0.4, -0.2) is 25.5 Å². The predicted molar refractivity (Wildman–Crippen MR) is 89.6 cm³/mol. The van der Waals surface area contributed by atoms with Crippen LogP contribution in [0.25, 0.3) is 0 Å². The van der Waals surface area contributed by atoms with E-state index in [9.17, 15) is 13.2 Å². The molecule has 0 aliphatic heterocycles. The Morgan fingerprint density at radius 1 is 1.24 bits per heavy atom. The van der Waals surface area contributed by atoms with Crippen molar-refractivity contribution in [2.75, 3.05) is 0 Å². The van der Waals surface area contributed by atoms with Gasteiger partial charge in [-0.2, -0.15) is 0 Å². The van der Waals surface area contributed by atoms with Crippen molar-refractivity contribution in [3.8, 4) is 0 Å². The molecule has 0 saturated carbocycles. The lowest BCUT2D eigenvalue weighted by atomic mass is 10.0. The summed E-state index contributed by atoms with van der Waals surface area (Å²) in [5.74, 6) is -1.22. The van der Waals surface area contributed by atoms with E-state index in [4.69, 9.17) is 5.11 Å². The van der Waals surface area contributed by atoms with Gasteiger partial charge < -0.3 is 5.11 Å². The van der Waals surface area contributed by atoms with E-state index in [0.29, 0.717) is 19.3 Å². The fraction of sp³-hybridized carbons (Fsp3) is 0.500. The Morgan fingerprint density at radius 2 is 1.81 bits per heavy atom. The standard InChI is InChI=1S/C14H20INO4S/c1-10(14(17)18)4-3-5-11(2)16-21(19,20)13-8-6-12(15)7-9-13/h6-11,16H,3-5H2,1-2H3,(H,17,18). The minimum atomic E-state index is -3.51. The first-order valence-corrected chi connectivity index (χ1v) is 9.29. The van der Waals surface area contributed by atoms with Gasteiger partial charge in [0, 0.05) is 9.61 Å². The van der Waals surface area contributed by atoms with Gasteiger partial charge in [-0.25, -0.2) is 13.1 Å². The highest BCUT2D eigenvalue weighted by molar-refractivity contribution is 14.1. The molecule has 0 spiro atoms. The number of benzene rings is 1. The highest BCUT2D eigenvalue weighted by atomic mass is 127. The SMILES string of the molecule is CC(CCCC(C)C(=O)O)NS(=O)(=O)c1ccc(I)cc1. The van der Waals surface area contributed by atoms with Crippen molar-refractivity contribution >= 4 is 38.6 Å². The number of carboxylic acid groups (broad SMARTS) is 1. The maximum atomic E-state index is 12.2. The third kappa shape index (κ3) is 6.31. The van der Waals surface area contributed by atoms with Crippen molar-refractivity contribution < 1.29 is 18.3 Å². The first kappa shape index (κ1) is 18.4. The van der Waals surface area contributed by atoms with Crippen LogP contribution in [0, 0.1) is 9.49 Å². The molecular formula is C14H20INO4S. The molecule has 1 aromatic rings. The Balaban J connectivity index is 2.51. The number of nitrogens with one attached hydrogen (secondary N) is 1. The fourth-order valence-corrected chi connectivity index (χ4v) is 3.50. The number of hydrogen-bond donors (Lipinski definition) is 2. The van der Waals surface area contributed by atoms with E-state index < -0.39 is 21.9 Å². The van der Waals surface area contributed by atoms with E-state index >= 15 is 0 Å². The number of sulfonamides is 1. The molecule has 7 heteroatoms. The van der Waals surface area contributed by atoms with Gasteiger partial charge in [0.25, 0.3) is 0 Å². The lowest BCUT2D eigenvalue weighted by Gasteiger charge is -2.15. The topological polar surface area (TPSA) is 83.5 Å². The zero-order chi connectivity index (χ0) is 16.0. The van der Waals surface area contributed by atoms with Gasteiger partial charge in [0.2, 0.25) is 10.0 Å². The molecule has 0 radical (unpaired) electrons. The molecule has 0 bridgehead atoms. The van der Waals surface area contributed by atoms with Crippen molar-refractivity contribution in [3.05, 3.63) is 27.8 Å². The third-order valence-corrected chi connectivity index (χ3v) is 5.50. The molecule has 0 amide bonds. The molecule has 2 atom stereocenters. The molecule has 0 aliphatic carbocycles. The normalized spacial score (nSPS) is 14.6. The van der Waals surface area contributed by atoms with Crippen LogP contribution in [0.4, 0.5) is 0 Å². The number of aliphatic carboxylic acids is 1. The minimum Gasteiger partial charge on any atom is -0.481 e. The zero-order valence-electron chi connectivity index (χ0n) is 12.0. The van der Waals surface area contributed by atoms with E-state index in [-0.39, 0.29) is 10.9 Å². The van der Waals surface area contributed by atoms with Gasteiger partial charge in [-0.05, 0) is 66.6 Å². The third-order valence-electron chi connectivity index (χ3n) is 3.18. The van der Waals surface area contributed by atoms with Gasteiger partial charge >= 0.3 is 5.97 Å². The molecule has 0 fully saturated rings. The highest BCUT2D eigenvalue weighted by Crippen LogP contribution is 2.14. The van der Waals surface area contributed by atoms with E-state index in [1.165, 1.54) is 0 Å². The molecule has 0 saturated heterocycles. The van der Waals surface area contributed by atoms with E-state index in [1.54, 1.807) is 38.1 Å². The molecular weight excluding hydrogens is 405 g/mol. The first-order chi connectivity index (χ1) is 9.72. The largest absolute Gasteiger partial charge is 0.481 e. The Bertz CT molecular complexity index is 571. The van der Waals surface area contributed by atoms with Crippen LogP contribution in [0.5, 0.6) is 0 Å². The maximum absolute atomic E-state index is 12.2. The Labute approximate surface area is 139 Å². The zero-order valence-corrected chi connectivity index (χ0v) is 15.0. The molecule has 2 N–H and O–H groups in total. The van der Waals surface area contributed by atoms with Gasteiger partial charge in [-0.15, -0.1) is 0 Å². The average Bonchev–Trinajstić information content (AvgIpc) is 2.38. The Kier molecular flexibility index (Phi) is 7.08. The fourth-order valence-electron chi connectivity index (χ4n) is 1.86. The monoisotopic (exact) mass is 425 g/mol. The van der Waals surface area contributed by atoms with Crippen molar-refractivity contribution in [3.63, 3.8) is 0 Å². The quantitative estimate of drug-likeness (QED) is 0.628. The Morgan fingerprint density at radius 3 is 2.33 bits per heavy atom. The minimum absolute atomic E-state index is 0.227. The van der Waals surface area contributed by atoms with Crippen LogP contribution in [0.3, 0.4) is 0 Å². The molecule has 5 nitrogen and oxygen atoms in total. The van der Waals surface area contributed by atoms with Crippen LogP contribution in [-0.2, 0) is 14.8 Å². The summed E-state index contributed by atoms with van der Waals surface area (Å²) in [7, 11) is -3.51. The number of rotatable bonds is 8. The van der Waals surface area contributed by atoms with Gasteiger partial charge in [0.15, 0.2) is 0 Å². The molecule has 1 rings (SSSR count). The molecule has 1 aromatic carbocycles. The van der Waals surface area contributed by atoms with Crippen LogP contribution in [0.15, 0.2) is 29.2 Å². The van der Waals surface area contributed by atoms with E-state index in [2.05, 4.69) is 27.3 Å². The Hall–Kier alpha value is -0.670.